The van der Waals surface area contributed by atoms with E-state index in [1.165, 1.54) is 212 Å². The second kappa shape index (κ2) is 92.6. The first kappa shape index (κ1) is 149. The number of ether oxygens (including phenoxy) is 3. The Bertz CT molecular complexity index is 1920. The molecule has 0 bridgehead atoms. The van der Waals surface area contributed by atoms with E-state index in [4.69, 9.17) is 14.2 Å². The monoisotopic (exact) mass is 1790 g/mol. The van der Waals surface area contributed by atoms with Crippen LogP contribution in [0, 0.1) is 163 Å². The molecule has 10 aliphatic rings. The van der Waals surface area contributed by atoms with Crippen molar-refractivity contribution in [1.82, 2.24) is 0 Å². The van der Waals surface area contributed by atoms with E-state index in [1.54, 1.807) is 0 Å². The molecule has 1 spiro atoms. The molecular weight excluding hydrogens is 1530 g/mol. The van der Waals surface area contributed by atoms with Gasteiger partial charge in [-0.3, -0.25) is 0 Å². The molecule has 0 radical (unpaired) electrons. The minimum Gasteiger partial charge on any atom is -0.381 e. The number of hydrogen-bond acceptors (Lipinski definition) is 3. The van der Waals surface area contributed by atoms with Crippen LogP contribution >= 0.6 is 0 Å². The van der Waals surface area contributed by atoms with Crippen molar-refractivity contribution in [3.8, 4) is 0 Å². The third kappa shape index (κ3) is 101. The predicted octanol–water partition coefficient (Wildman–Crippen LogP) is 44.4. The van der Waals surface area contributed by atoms with Crippen molar-refractivity contribution in [2.45, 2.75) is 600 Å². The number of rotatable bonds is 23. The molecule has 2 atom stereocenters. The first-order valence-electron chi connectivity index (χ1n) is 57.4. The molecule has 2 unspecified atom stereocenters. The van der Waals surface area contributed by atoms with Crippen LogP contribution < -0.4 is 0 Å². The van der Waals surface area contributed by atoms with Crippen molar-refractivity contribution in [3.63, 3.8) is 0 Å². The molecule has 3 aliphatic heterocycles. The SMILES string of the molecule is CC.CC.CC.CC.CC.CC.CC.CC(C)C(C)(C)C.CC(C)C1CC1.CC(C)C1CC2(COC2)C1.CC(C)C1CCC1.CC(C)C1CCCC1.CC(C)C1CCCCC1.CC(C)C1CCOC1.CC(C)C1COC1.CC(C)CCC(C)(C)C.CC(C)CCC1(C)CC1.CCC(C)(C)CC(C)C.CCC(C)CC(C)C.CCC1(CC(C)C)CC1.CCCC(C)C. The summed E-state index contributed by atoms with van der Waals surface area (Å²) in [4.78, 5) is 0. The van der Waals surface area contributed by atoms with Crippen LogP contribution in [0.5, 0.6) is 0 Å². The van der Waals surface area contributed by atoms with Crippen LogP contribution in [-0.4, -0.2) is 39.6 Å². The minimum atomic E-state index is 0.500. The molecule has 7 aliphatic carbocycles. The summed E-state index contributed by atoms with van der Waals surface area (Å²) in [6.07, 6.45) is 47.6. The van der Waals surface area contributed by atoms with Crippen molar-refractivity contribution in [2.24, 2.45) is 163 Å². The van der Waals surface area contributed by atoms with Crippen molar-refractivity contribution < 1.29 is 14.2 Å². The van der Waals surface area contributed by atoms with Gasteiger partial charge in [0.15, 0.2) is 0 Å². The Morgan fingerprint density at radius 1 is 0.333 bits per heavy atom. The topological polar surface area (TPSA) is 27.7 Å². The molecule has 0 aromatic carbocycles. The smallest absolute Gasteiger partial charge is 0.0545 e. The Hall–Kier alpha value is -0.120. The molecule has 0 N–H and O–H groups in total. The standard InChI is InChI=1S/C9H16O.3C9H18.2C9H20.C8H16.C8H18.C7H14O.C7H14.C7H16.C6H12O.C6H12.C6H14.7C2H6/c1-7(2)8-3-9(4-8)5-10-6-9;1-8(2)4-5-9(3)6-7-9;1-8(2)9-6-4-3-5-7-9;1-4-9(5-6-9)7-8(2)3;1-8(2)6-7-9(3,4)5;1-6-9(4,5)7-8(2)3;1-7(2)8-5-3-4-6-8;1-5-8(4)6-7(2)3;1-6(2)7-3-4-8-5-7;1-6(2)7-4-3-5-7;1-6(2)7(3,4)5;1-5(2)6-3-7-4-6;1-5(2)6-3-4-6;1-4-5-6(2)3;7*1-2/h7-8H,3-6H2,1-2H3;8H,4-7H2,1-3H3;8-9H,3-7H2,1-2H3;8H,4-7H2,1-3H3;2*8H,6-7H2,1-5H3;7-8H,3-6H2,1-2H3;7-8H,5-6H2,1-4H3;6-7H,3-5H2,1-2H3;6-7H,3-5H2,1-2H3;6H,1-5H3;5-6H,3-4H2,1-2H3;5-6H,3-4H2,1-2H3;6H,4-5H2,1-3H3;7*1-2H3. The second-order valence-electron chi connectivity index (χ2n) is 47.9. The van der Waals surface area contributed by atoms with Crippen LogP contribution in [0.4, 0.5) is 0 Å². The lowest BCUT2D eigenvalue weighted by Crippen LogP contribution is -2.53. The molecule has 3 heterocycles. The van der Waals surface area contributed by atoms with Gasteiger partial charge in [-0.1, -0.05) is 510 Å². The predicted molar refractivity (Wildman–Crippen MR) is 594 cm³/mol. The Morgan fingerprint density at radius 3 is 0.802 bits per heavy atom. The van der Waals surface area contributed by atoms with Gasteiger partial charge in [0.2, 0.25) is 0 Å². The quantitative estimate of drug-likeness (QED) is 0.102. The van der Waals surface area contributed by atoms with Crippen LogP contribution in [0.3, 0.4) is 0 Å². The third-order valence-electron chi connectivity index (χ3n) is 27.8. The summed E-state index contributed by atoms with van der Waals surface area (Å²) >= 11 is 0. The molecule has 0 amide bonds. The molecule has 7 saturated carbocycles. The van der Waals surface area contributed by atoms with Crippen molar-refractivity contribution in [2.75, 3.05) is 39.6 Å². The Balaban J connectivity index is -0.000000124. The van der Waals surface area contributed by atoms with E-state index < -0.39 is 0 Å². The highest BCUT2D eigenvalue weighted by atomic mass is 16.5. The highest BCUT2D eigenvalue weighted by Gasteiger charge is 2.50. The first-order chi connectivity index (χ1) is 58.6. The van der Waals surface area contributed by atoms with Gasteiger partial charge in [0.05, 0.1) is 26.4 Å². The van der Waals surface area contributed by atoms with Gasteiger partial charge < -0.3 is 14.2 Å². The van der Waals surface area contributed by atoms with Gasteiger partial charge >= 0.3 is 0 Å². The van der Waals surface area contributed by atoms with Crippen LogP contribution in [0.15, 0.2) is 0 Å². The molecule has 0 aromatic heterocycles. The normalized spacial score (nSPS) is 18.5. The Labute approximate surface area is 811 Å². The summed E-state index contributed by atoms with van der Waals surface area (Å²) < 4.78 is 15.4. The lowest BCUT2D eigenvalue weighted by Gasteiger charge is -2.54. The van der Waals surface area contributed by atoms with Crippen LogP contribution in [-0.2, 0) is 14.2 Å². The van der Waals surface area contributed by atoms with E-state index in [1.807, 2.05) is 96.9 Å². The summed E-state index contributed by atoms with van der Waals surface area (Å²) in [5.74, 6) is 20.4. The lowest BCUT2D eigenvalue weighted by atomic mass is 9.58. The van der Waals surface area contributed by atoms with Crippen molar-refractivity contribution >= 4 is 0 Å². The molecule has 778 valence electrons. The maximum Gasteiger partial charge on any atom is 0.0545 e. The largest absolute Gasteiger partial charge is 0.381 e. The summed E-state index contributed by atoms with van der Waals surface area (Å²) in [6, 6.07) is 0. The van der Waals surface area contributed by atoms with Crippen LogP contribution in [0.25, 0.3) is 0 Å². The van der Waals surface area contributed by atoms with Gasteiger partial charge in [-0.05, 0) is 241 Å². The van der Waals surface area contributed by atoms with E-state index in [0.717, 1.165) is 181 Å². The van der Waals surface area contributed by atoms with E-state index in [9.17, 15) is 0 Å². The van der Waals surface area contributed by atoms with Gasteiger partial charge in [0.25, 0.3) is 0 Å². The van der Waals surface area contributed by atoms with E-state index >= 15 is 0 Å². The molecule has 3 nitrogen and oxygen atoms in total. The van der Waals surface area contributed by atoms with E-state index in [-0.39, 0.29) is 0 Å². The molecular formula is C123H268O3. The fourth-order valence-corrected chi connectivity index (χ4v) is 15.5. The van der Waals surface area contributed by atoms with E-state index in [0.29, 0.717) is 21.7 Å². The summed E-state index contributed by atoms with van der Waals surface area (Å²) in [5.41, 5.74) is 3.87. The Morgan fingerprint density at radius 2 is 0.675 bits per heavy atom. The van der Waals surface area contributed by atoms with Crippen molar-refractivity contribution in [3.05, 3.63) is 0 Å². The zero-order valence-electron chi connectivity index (χ0n) is 101. The van der Waals surface area contributed by atoms with Crippen LogP contribution in [0.1, 0.15) is 600 Å². The summed E-state index contributed by atoms with van der Waals surface area (Å²) in [5, 5.41) is 0. The van der Waals surface area contributed by atoms with E-state index in [2.05, 4.69) is 291 Å². The highest BCUT2D eigenvalue weighted by Crippen LogP contribution is 2.54. The maximum atomic E-state index is 5.22. The average molecular weight is 1800 g/mol. The summed E-state index contributed by atoms with van der Waals surface area (Å²) in [6.45, 7) is 131. The van der Waals surface area contributed by atoms with Gasteiger partial charge in [-0.2, -0.15) is 0 Å². The maximum absolute atomic E-state index is 5.22. The minimum absolute atomic E-state index is 0.500. The average Bonchev–Trinajstić information content (AvgIpc) is 1.04. The fourth-order valence-electron chi connectivity index (χ4n) is 15.5. The highest BCUT2D eigenvalue weighted by molar-refractivity contribution is 4.99. The van der Waals surface area contributed by atoms with Gasteiger partial charge in [-0.25, -0.2) is 0 Å². The van der Waals surface area contributed by atoms with Gasteiger partial charge in [0.1, 0.15) is 0 Å². The lowest BCUT2D eigenvalue weighted by molar-refractivity contribution is -0.185. The first-order valence-corrected chi connectivity index (χ1v) is 57.4. The van der Waals surface area contributed by atoms with Crippen LogP contribution in [0.2, 0.25) is 0 Å². The zero-order valence-corrected chi connectivity index (χ0v) is 101. The zero-order chi connectivity index (χ0) is 101. The Kier molecular flexibility index (Phi) is 109. The second-order valence-corrected chi connectivity index (χ2v) is 47.9. The number of hydrogen-bond donors (Lipinski definition) is 0. The molecule has 3 heteroatoms. The molecule has 0 aromatic rings. The molecule has 126 heavy (non-hydrogen) atoms. The molecule has 3 saturated heterocycles. The fraction of sp³-hybridized carbons (Fsp3) is 1.00. The summed E-state index contributed by atoms with van der Waals surface area (Å²) in [7, 11) is 0. The molecule has 10 fully saturated rings. The van der Waals surface area contributed by atoms with Gasteiger partial charge in [0, 0.05) is 24.5 Å². The van der Waals surface area contributed by atoms with Gasteiger partial charge in [-0.15, -0.1) is 0 Å². The molecule has 10 rings (SSSR count). The van der Waals surface area contributed by atoms with Crippen molar-refractivity contribution in [1.29, 1.82) is 0 Å². The third-order valence-corrected chi connectivity index (χ3v) is 27.8.